The number of rotatable bonds is 6. The van der Waals surface area contributed by atoms with Crippen LogP contribution in [-0.4, -0.2) is 27.8 Å². The van der Waals surface area contributed by atoms with Gasteiger partial charge in [0.2, 0.25) is 10.0 Å². The van der Waals surface area contributed by atoms with E-state index in [0.29, 0.717) is 25.2 Å². The molecule has 1 aromatic heterocycles. The van der Waals surface area contributed by atoms with E-state index in [1.807, 2.05) is 6.07 Å². The van der Waals surface area contributed by atoms with Gasteiger partial charge >= 0.3 is 0 Å². The fourth-order valence-electron chi connectivity index (χ4n) is 1.07. The van der Waals surface area contributed by atoms with Crippen LogP contribution in [-0.2, 0) is 16.6 Å². The predicted octanol–water partition coefficient (Wildman–Crippen LogP) is 0.259. The van der Waals surface area contributed by atoms with Crippen molar-refractivity contribution in [3.05, 3.63) is 21.9 Å². The highest BCUT2D eigenvalue weighted by atomic mass is 32.2. The van der Waals surface area contributed by atoms with E-state index in [0.717, 1.165) is 11.1 Å². The molecule has 1 aromatic rings. The molecule has 0 aromatic carbocycles. The van der Waals surface area contributed by atoms with Crippen molar-refractivity contribution in [3.63, 3.8) is 0 Å². The van der Waals surface area contributed by atoms with Crippen molar-refractivity contribution < 1.29 is 8.42 Å². The first-order chi connectivity index (χ1) is 7.51. The number of nitriles is 1. The van der Waals surface area contributed by atoms with E-state index in [9.17, 15) is 8.42 Å². The number of hydrogen-bond acceptors (Lipinski definition) is 5. The lowest BCUT2D eigenvalue weighted by molar-refractivity contribution is 0.582. The predicted molar refractivity (Wildman–Crippen MR) is 63.6 cm³/mol. The first-order valence-electron chi connectivity index (χ1n) is 4.64. The van der Waals surface area contributed by atoms with Crippen LogP contribution in [0.3, 0.4) is 0 Å². The number of sulfonamides is 1. The third-order valence-electron chi connectivity index (χ3n) is 1.75. The molecule has 5 nitrogen and oxygen atoms in total. The maximum absolute atomic E-state index is 10.7. The Bertz CT molecular complexity index is 473. The van der Waals surface area contributed by atoms with Crippen LogP contribution >= 0.6 is 11.3 Å². The molecule has 0 saturated carbocycles. The van der Waals surface area contributed by atoms with Crippen LogP contribution < -0.4 is 10.0 Å². The number of nitrogens with one attached hydrogen (secondary N) is 2. The van der Waals surface area contributed by atoms with Crippen LogP contribution in [0.15, 0.2) is 11.4 Å². The fraction of sp³-hybridized carbons (Fsp3) is 0.444. The summed E-state index contributed by atoms with van der Waals surface area (Å²) in [6.07, 6.45) is 1.13. The summed E-state index contributed by atoms with van der Waals surface area (Å²) < 4.78 is 23.9. The molecule has 1 heterocycles. The Morgan fingerprint density at radius 2 is 2.25 bits per heavy atom. The van der Waals surface area contributed by atoms with E-state index >= 15 is 0 Å². The zero-order valence-corrected chi connectivity index (χ0v) is 10.5. The number of thiophene rings is 1. The van der Waals surface area contributed by atoms with E-state index in [1.54, 1.807) is 5.38 Å². The minimum Gasteiger partial charge on any atom is -0.311 e. The van der Waals surface area contributed by atoms with Crippen molar-refractivity contribution in [2.75, 3.05) is 19.3 Å². The highest BCUT2D eigenvalue weighted by Gasteiger charge is 2.00. The van der Waals surface area contributed by atoms with E-state index in [4.69, 9.17) is 5.26 Å². The molecule has 2 N–H and O–H groups in total. The lowest BCUT2D eigenvalue weighted by atomic mass is 10.3. The Labute approximate surface area is 99.1 Å². The molecule has 7 heteroatoms. The molecule has 0 aliphatic rings. The topological polar surface area (TPSA) is 82.0 Å². The highest BCUT2D eigenvalue weighted by Crippen LogP contribution is 2.12. The van der Waals surface area contributed by atoms with Crippen molar-refractivity contribution in [2.45, 2.75) is 6.54 Å². The van der Waals surface area contributed by atoms with Gasteiger partial charge in [0, 0.05) is 29.9 Å². The van der Waals surface area contributed by atoms with Gasteiger partial charge in [-0.15, -0.1) is 11.3 Å². The Kier molecular flexibility index (Phi) is 4.89. The molecular weight excluding hydrogens is 246 g/mol. The van der Waals surface area contributed by atoms with Gasteiger partial charge in [0.25, 0.3) is 0 Å². The summed E-state index contributed by atoms with van der Waals surface area (Å²) in [5, 5.41) is 13.5. The third-order valence-corrected chi connectivity index (χ3v) is 3.41. The van der Waals surface area contributed by atoms with Crippen LogP contribution in [0.4, 0.5) is 0 Å². The van der Waals surface area contributed by atoms with E-state index in [-0.39, 0.29) is 0 Å². The van der Waals surface area contributed by atoms with Crippen molar-refractivity contribution in [2.24, 2.45) is 0 Å². The van der Waals surface area contributed by atoms with Crippen molar-refractivity contribution in [3.8, 4) is 6.07 Å². The Balaban J connectivity index is 2.19. The van der Waals surface area contributed by atoms with Gasteiger partial charge in [0.1, 0.15) is 6.07 Å². The van der Waals surface area contributed by atoms with E-state index in [2.05, 4.69) is 16.1 Å². The summed E-state index contributed by atoms with van der Waals surface area (Å²) in [5.41, 5.74) is 0.663. The van der Waals surface area contributed by atoms with Gasteiger partial charge in [-0.2, -0.15) is 5.26 Å². The average molecular weight is 259 g/mol. The minimum absolute atomic E-state index is 0.370. The molecule has 88 valence electrons. The average Bonchev–Trinajstić information content (AvgIpc) is 2.63. The van der Waals surface area contributed by atoms with Crippen molar-refractivity contribution >= 4 is 21.4 Å². The van der Waals surface area contributed by atoms with E-state index < -0.39 is 10.0 Å². The van der Waals surface area contributed by atoms with Gasteiger partial charge in [-0.05, 0) is 6.07 Å². The van der Waals surface area contributed by atoms with Gasteiger partial charge in [0.15, 0.2) is 0 Å². The first-order valence-corrected chi connectivity index (χ1v) is 7.41. The zero-order chi connectivity index (χ0) is 12.0. The van der Waals surface area contributed by atoms with Crippen LogP contribution in [0.1, 0.15) is 10.4 Å². The molecule has 0 aliphatic heterocycles. The molecular formula is C9H13N3O2S2. The molecule has 0 amide bonds. The maximum atomic E-state index is 10.7. The second kappa shape index (κ2) is 5.96. The molecule has 1 rings (SSSR count). The highest BCUT2D eigenvalue weighted by molar-refractivity contribution is 7.88. The number of hydrogen-bond donors (Lipinski definition) is 2. The summed E-state index contributed by atoms with van der Waals surface area (Å²) in [4.78, 5) is 1.07. The quantitative estimate of drug-likeness (QED) is 0.718. The van der Waals surface area contributed by atoms with Gasteiger partial charge < -0.3 is 5.32 Å². The Morgan fingerprint density at radius 3 is 2.81 bits per heavy atom. The van der Waals surface area contributed by atoms with E-state index in [1.165, 1.54) is 11.3 Å². The lowest BCUT2D eigenvalue weighted by Gasteiger charge is -2.03. The van der Waals surface area contributed by atoms with Crippen LogP contribution in [0.2, 0.25) is 0 Å². The summed E-state index contributed by atoms with van der Waals surface area (Å²) in [6.45, 7) is 1.58. The van der Waals surface area contributed by atoms with Gasteiger partial charge in [0.05, 0.1) is 11.8 Å². The largest absolute Gasteiger partial charge is 0.311 e. The molecule has 0 unspecified atom stereocenters. The lowest BCUT2D eigenvalue weighted by Crippen LogP contribution is -2.30. The zero-order valence-electron chi connectivity index (χ0n) is 8.86. The second-order valence-corrected chi connectivity index (χ2v) is 6.09. The van der Waals surface area contributed by atoms with Gasteiger partial charge in [-0.1, -0.05) is 0 Å². The van der Waals surface area contributed by atoms with Gasteiger partial charge in [-0.3, -0.25) is 0 Å². The summed E-state index contributed by atoms with van der Waals surface area (Å²) >= 11 is 1.51. The molecule has 0 spiro atoms. The molecule has 16 heavy (non-hydrogen) atoms. The van der Waals surface area contributed by atoms with Crippen LogP contribution in [0.5, 0.6) is 0 Å². The molecule has 0 radical (unpaired) electrons. The van der Waals surface area contributed by atoms with Crippen LogP contribution in [0, 0.1) is 11.3 Å². The molecule has 0 fully saturated rings. The first kappa shape index (κ1) is 13.1. The van der Waals surface area contributed by atoms with Crippen molar-refractivity contribution in [1.82, 2.24) is 10.0 Å². The Morgan fingerprint density at radius 1 is 1.50 bits per heavy atom. The van der Waals surface area contributed by atoms with Gasteiger partial charge in [-0.25, -0.2) is 13.1 Å². The summed E-state index contributed by atoms with van der Waals surface area (Å²) in [7, 11) is -3.10. The van der Waals surface area contributed by atoms with Crippen LogP contribution in [0.25, 0.3) is 0 Å². The minimum atomic E-state index is -3.10. The summed E-state index contributed by atoms with van der Waals surface area (Å²) in [6, 6.07) is 3.88. The normalized spacial score (nSPS) is 11.2. The fourth-order valence-corrected chi connectivity index (χ4v) is 2.32. The molecule has 0 aliphatic carbocycles. The third kappa shape index (κ3) is 5.23. The Hall–Kier alpha value is -0.940. The molecule has 0 bridgehead atoms. The monoisotopic (exact) mass is 259 g/mol. The molecule has 0 atom stereocenters. The summed E-state index contributed by atoms with van der Waals surface area (Å²) in [5.74, 6) is 0. The molecule has 0 saturated heterocycles. The second-order valence-electron chi connectivity index (χ2n) is 3.26. The SMILES string of the molecule is CS(=O)(=O)NCCNCc1cc(C#N)cs1. The maximum Gasteiger partial charge on any atom is 0.208 e. The standard InChI is InChI=1S/C9H13N3O2S2/c1-16(13,14)12-3-2-11-6-9-4-8(5-10)7-15-9/h4,7,11-12H,2-3,6H2,1H3. The smallest absolute Gasteiger partial charge is 0.208 e. The number of nitrogens with zero attached hydrogens (tertiary/aromatic N) is 1. The van der Waals surface area contributed by atoms with Crippen molar-refractivity contribution in [1.29, 1.82) is 5.26 Å².